The third-order valence-electron chi connectivity index (χ3n) is 9.45. The first-order valence-corrected chi connectivity index (χ1v) is 11.9. The maximum atomic E-state index is 12.1. The molecule has 5 atom stereocenters. The summed E-state index contributed by atoms with van der Waals surface area (Å²) < 4.78 is 5.75. The summed E-state index contributed by atoms with van der Waals surface area (Å²) in [6, 6.07) is 8.25. The SMILES string of the molecule is COC[C@]1(C)CCC2C3CCC4=CC(=O)CCC4=C3[C@@H](c3ccc(C=O)cc3)C[C@@]21C. The van der Waals surface area contributed by atoms with Crippen molar-refractivity contribution in [1.82, 2.24) is 0 Å². The second kappa shape index (κ2) is 7.55. The molecule has 31 heavy (non-hydrogen) atoms. The fraction of sp³-hybridized carbons (Fsp3) is 0.571. The number of ketones is 1. The number of rotatable bonds is 4. The maximum absolute atomic E-state index is 12.1. The third kappa shape index (κ3) is 3.11. The van der Waals surface area contributed by atoms with Gasteiger partial charge in [-0.05, 0) is 84.0 Å². The molecule has 0 spiro atoms. The van der Waals surface area contributed by atoms with E-state index in [4.69, 9.17) is 4.74 Å². The Balaban J connectivity index is 1.66. The first-order valence-electron chi connectivity index (χ1n) is 11.9. The monoisotopic (exact) mass is 418 g/mol. The van der Waals surface area contributed by atoms with Crippen LogP contribution in [0.2, 0.25) is 0 Å². The zero-order valence-electron chi connectivity index (χ0n) is 19.1. The lowest BCUT2D eigenvalue weighted by Crippen LogP contribution is -2.48. The van der Waals surface area contributed by atoms with Crippen LogP contribution in [0.15, 0.2) is 47.1 Å². The van der Waals surface area contributed by atoms with Gasteiger partial charge >= 0.3 is 0 Å². The lowest BCUT2D eigenvalue weighted by Gasteiger charge is -2.55. The molecule has 0 bridgehead atoms. The summed E-state index contributed by atoms with van der Waals surface area (Å²) in [4.78, 5) is 23.4. The summed E-state index contributed by atoms with van der Waals surface area (Å²) >= 11 is 0. The van der Waals surface area contributed by atoms with Crippen LogP contribution in [-0.2, 0) is 9.53 Å². The van der Waals surface area contributed by atoms with E-state index in [0.717, 1.165) is 44.1 Å². The van der Waals surface area contributed by atoms with Gasteiger partial charge in [0, 0.05) is 25.0 Å². The van der Waals surface area contributed by atoms with Gasteiger partial charge in [-0.3, -0.25) is 9.59 Å². The maximum Gasteiger partial charge on any atom is 0.156 e. The van der Waals surface area contributed by atoms with Crippen LogP contribution in [0.5, 0.6) is 0 Å². The Morgan fingerprint density at radius 3 is 2.58 bits per heavy atom. The van der Waals surface area contributed by atoms with E-state index in [9.17, 15) is 9.59 Å². The number of fused-ring (bicyclic) bond motifs is 4. The van der Waals surface area contributed by atoms with Crippen molar-refractivity contribution in [2.24, 2.45) is 22.7 Å². The molecule has 3 heteroatoms. The van der Waals surface area contributed by atoms with Crippen LogP contribution in [0.25, 0.3) is 0 Å². The van der Waals surface area contributed by atoms with Crippen molar-refractivity contribution in [2.45, 2.75) is 64.7 Å². The summed E-state index contributed by atoms with van der Waals surface area (Å²) in [7, 11) is 1.84. The Morgan fingerprint density at radius 2 is 1.87 bits per heavy atom. The highest BCUT2D eigenvalue weighted by Crippen LogP contribution is 2.69. The van der Waals surface area contributed by atoms with E-state index in [1.165, 1.54) is 29.6 Å². The molecule has 0 N–H and O–H groups in total. The van der Waals surface area contributed by atoms with Gasteiger partial charge in [-0.1, -0.05) is 43.7 Å². The third-order valence-corrected chi connectivity index (χ3v) is 9.45. The smallest absolute Gasteiger partial charge is 0.156 e. The first kappa shape index (κ1) is 20.9. The van der Waals surface area contributed by atoms with Crippen molar-refractivity contribution in [3.05, 3.63) is 58.2 Å². The molecule has 2 unspecified atom stereocenters. The number of benzene rings is 1. The van der Waals surface area contributed by atoms with E-state index >= 15 is 0 Å². The minimum Gasteiger partial charge on any atom is -0.384 e. The molecular weight excluding hydrogens is 384 g/mol. The molecule has 3 nitrogen and oxygen atoms in total. The molecule has 4 aliphatic carbocycles. The lowest BCUT2D eigenvalue weighted by molar-refractivity contribution is -0.114. The largest absolute Gasteiger partial charge is 0.384 e. The van der Waals surface area contributed by atoms with E-state index < -0.39 is 0 Å². The van der Waals surface area contributed by atoms with E-state index in [1.807, 2.05) is 25.3 Å². The fourth-order valence-electron chi connectivity index (χ4n) is 7.65. The van der Waals surface area contributed by atoms with Crippen molar-refractivity contribution in [2.75, 3.05) is 13.7 Å². The molecule has 1 aromatic rings. The van der Waals surface area contributed by atoms with Crippen LogP contribution in [0, 0.1) is 22.7 Å². The highest BCUT2D eigenvalue weighted by molar-refractivity contribution is 5.93. The fourth-order valence-corrected chi connectivity index (χ4v) is 7.65. The van der Waals surface area contributed by atoms with Crippen molar-refractivity contribution < 1.29 is 14.3 Å². The highest BCUT2D eigenvalue weighted by Gasteiger charge is 2.61. The standard InChI is InChI=1S/C28H34O3/c1-27(17-31-3)13-12-25-23-10-8-20-14-21(30)9-11-22(20)26(23)24(15-28(25,27)2)19-6-4-18(16-29)5-7-19/h4-7,14,16,23-25H,8-13,15,17H2,1-3H3/t23?,24-,25?,27+,28+/m1/s1. The van der Waals surface area contributed by atoms with Crippen molar-refractivity contribution in [1.29, 1.82) is 0 Å². The number of hydrogen-bond acceptors (Lipinski definition) is 3. The summed E-state index contributed by atoms with van der Waals surface area (Å²) in [6.45, 7) is 5.78. The molecular formula is C28H34O3. The predicted octanol–water partition coefficient (Wildman–Crippen LogP) is 6.05. The topological polar surface area (TPSA) is 43.4 Å². The molecule has 4 aliphatic rings. The van der Waals surface area contributed by atoms with Crippen LogP contribution < -0.4 is 0 Å². The average molecular weight is 419 g/mol. The summed E-state index contributed by atoms with van der Waals surface area (Å²) in [5, 5.41) is 0. The number of aldehydes is 1. The molecule has 164 valence electrons. The van der Waals surface area contributed by atoms with Gasteiger partial charge in [0.15, 0.2) is 5.78 Å². The molecule has 2 fully saturated rings. The van der Waals surface area contributed by atoms with Crippen molar-refractivity contribution in [3.63, 3.8) is 0 Å². The van der Waals surface area contributed by atoms with Gasteiger partial charge in [0.2, 0.25) is 0 Å². The summed E-state index contributed by atoms with van der Waals surface area (Å²) in [6.07, 6.45) is 10.2. The molecule has 0 amide bonds. The van der Waals surface area contributed by atoms with Crippen LogP contribution in [0.1, 0.15) is 80.6 Å². The normalized spacial score (nSPS) is 37.1. The number of carbonyl (C=O) groups is 2. The van der Waals surface area contributed by atoms with Crippen LogP contribution >= 0.6 is 0 Å². The molecule has 1 aromatic carbocycles. The lowest BCUT2D eigenvalue weighted by atomic mass is 9.49. The van der Waals surface area contributed by atoms with Gasteiger partial charge in [0.25, 0.3) is 0 Å². The van der Waals surface area contributed by atoms with Gasteiger partial charge < -0.3 is 4.74 Å². The van der Waals surface area contributed by atoms with E-state index in [0.29, 0.717) is 30.0 Å². The Bertz CT molecular complexity index is 968. The molecule has 0 aliphatic heterocycles. The molecule has 5 rings (SSSR count). The number of carbonyl (C=O) groups excluding carboxylic acids is 2. The number of methoxy groups -OCH3 is 1. The summed E-state index contributed by atoms with van der Waals surface area (Å²) in [5.41, 5.74) is 6.87. The minimum atomic E-state index is 0.183. The van der Waals surface area contributed by atoms with Crippen molar-refractivity contribution in [3.8, 4) is 0 Å². The van der Waals surface area contributed by atoms with Gasteiger partial charge in [-0.2, -0.15) is 0 Å². The number of allylic oxidation sites excluding steroid dienone is 4. The van der Waals surface area contributed by atoms with Crippen LogP contribution in [0.3, 0.4) is 0 Å². The molecule has 0 heterocycles. The Labute approximate surface area is 185 Å². The van der Waals surface area contributed by atoms with Crippen LogP contribution in [0.4, 0.5) is 0 Å². The number of hydrogen-bond donors (Lipinski definition) is 0. The van der Waals surface area contributed by atoms with Crippen LogP contribution in [-0.4, -0.2) is 25.8 Å². The highest BCUT2D eigenvalue weighted by atomic mass is 16.5. The Morgan fingerprint density at radius 1 is 1.10 bits per heavy atom. The predicted molar refractivity (Wildman–Crippen MR) is 122 cm³/mol. The van der Waals surface area contributed by atoms with Gasteiger partial charge in [0.1, 0.15) is 6.29 Å². The molecule has 0 aromatic heterocycles. The summed E-state index contributed by atoms with van der Waals surface area (Å²) in [5.74, 6) is 1.92. The van der Waals surface area contributed by atoms with Gasteiger partial charge in [-0.15, -0.1) is 0 Å². The Kier molecular flexibility index (Phi) is 5.08. The first-order chi connectivity index (χ1) is 14.9. The van der Waals surface area contributed by atoms with E-state index in [-0.39, 0.29) is 10.8 Å². The zero-order chi connectivity index (χ0) is 21.8. The second-order valence-corrected chi connectivity index (χ2v) is 10.8. The Hall–Kier alpha value is -2.00. The minimum absolute atomic E-state index is 0.183. The van der Waals surface area contributed by atoms with Crippen molar-refractivity contribution >= 4 is 12.1 Å². The van der Waals surface area contributed by atoms with E-state index in [2.05, 4.69) is 26.0 Å². The second-order valence-electron chi connectivity index (χ2n) is 10.8. The zero-order valence-corrected chi connectivity index (χ0v) is 19.1. The van der Waals surface area contributed by atoms with Gasteiger partial charge in [0.05, 0.1) is 6.61 Å². The quantitative estimate of drug-likeness (QED) is 0.559. The molecule has 2 saturated carbocycles. The average Bonchev–Trinajstić information content (AvgIpc) is 3.03. The molecule has 0 radical (unpaired) electrons. The van der Waals surface area contributed by atoms with Gasteiger partial charge in [-0.25, -0.2) is 0 Å². The number of ether oxygens (including phenoxy) is 1. The molecule has 0 saturated heterocycles. The van der Waals surface area contributed by atoms with E-state index in [1.54, 1.807) is 5.57 Å².